The van der Waals surface area contributed by atoms with Crippen LogP contribution in [0.25, 0.3) is 0 Å². The van der Waals surface area contributed by atoms with Crippen LogP contribution in [-0.2, 0) is 0 Å². The molecule has 0 fully saturated rings. The molecule has 2 nitrogen and oxygen atoms in total. The highest BCUT2D eigenvalue weighted by molar-refractivity contribution is 6.26. The van der Waals surface area contributed by atoms with Gasteiger partial charge in [-0.05, 0) is 165 Å². The van der Waals surface area contributed by atoms with Gasteiger partial charge in [0.25, 0.3) is 0 Å². The van der Waals surface area contributed by atoms with Crippen LogP contribution in [0.2, 0.25) is 0 Å². The second kappa shape index (κ2) is 25.5. The zero-order valence-electron chi connectivity index (χ0n) is 35.6. The molecule has 0 aliphatic heterocycles. The molecule has 1 atom stereocenters. The summed E-state index contributed by atoms with van der Waals surface area (Å²) in [7, 11) is 0. The first-order chi connectivity index (χ1) is 25.3. The van der Waals surface area contributed by atoms with Gasteiger partial charge in [0, 0.05) is 22.3 Å². The lowest BCUT2D eigenvalue weighted by molar-refractivity contribution is 0.0973. The summed E-state index contributed by atoms with van der Waals surface area (Å²) in [6.45, 7) is 22.1. The number of fused-ring (bicyclic) bond motifs is 1. The molecule has 1 aliphatic carbocycles. The SMILES string of the molecule is CC(C)=CCCC(C)=CCCC(C)=CCCC(C)=CCCC(C)=CCCC(C)=CCCC(C)CCCC(C)=CCC1=C(C)C(=O)c2ccccc2C1=O. The molecular weight excluding hydrogens is 645 g/mol. The molecule has 0 bridgehead atoms. The molecule has 0 amide bonds. The summed E-state index contributed by atoms with van der Waals surface area (Å²) in [5, 5.41) is 0. The normalized spacial score (nSPS) is 15.7. The lowest BCUT2D eigenvalue weighted by atomic mass is 9.83. The van der Waals surface area contributed by atoms with Crippen molar-refractivity contribution in [3.8, 4) is 0 Å². The standard InChI is InChI=1S/C51H74O2/c1-38(2)20-13-21-39(3)22-14-23-40(4)24-15-25-41(5)26-16-27-42(6)28-17-29-43(7)30-18-31-44(8)32-19-33-45(9)36-37-47-46(10)50(52)48-34-11-12-35-49(48)51(47)53/h11-12,20,22,24,26,28,30,34-36,44H,13-19,21,23,25,27,29,31-33,37H2,1-10H3. The Kier molecular flexibility index (Phi) is 21.9. The predicted octanol–water partition coefficient (Wildman–Crippen LogP) is 15.9. The van der Waals surface area contributed by atoms with Crippen molar-refractivity contribution >= 4 is 11.6 Å². The van der Waals surface area contributed by atoms with Crippen LogP contribution in [0.4, 0.5) is 0 Å². The second-order valence-corrected chi connectivity index (χ2v) is 16.4. The van der Waals surface area contributed by atoms with Crippen LogP contribution in [0.3, 0.4) is 0 Å². The van der Waals surface area contributed by atoms with Crippen LogP contribution in [-0.4, -0.2) is 11.6 Å². The van der Waals surface area contributed by atoms with Gasteiger partial charge in [-0.3, -0.25) is 9.59 Å². The summed E-state index contributed by atoms with van der Waals surface area (Å²) in [6, 6.07) is 7.18. The van der Waals surface area contributed by atoms with Crippen LogP contribution in [0, 0.1) is 5.92 Å². The average Bonchev–Trinajstić information content (AvgIpc) is 3.10. The number of ketones is 2. The Bertz CT molecular complexity index is 1590. The van der Waals surface area contributed by atoms with E-state index in [0.717, 1.165) is 64.2 Å². The summed E-state index contributed by atoms with van der Waals surface area (Å²) < 4.78 is 0. The summed E-state index contributed by atoms with van der Waals surface area (Å²) in [6.07, 6.45) is 34.6. The first-order valence-corrected chi connectivity index (χ1v) is 20.7. The van der Waals surface area contributed by atoms with Gasteiger partial charge in [0.05, 0.1) is 0 Å². The second-order valence-electron chi connectivity index (χ2n) is 16.4. The fraction of sp³-hybridized carbons (Fsp3) is 0.529. The minimum absolute atomic E-state index is 0.00344. The fourth-order valence-corrected chi connectivity index (χ4v) is 6.95. The number of benzene rings is 1. The largest absolute Gasteiger partial charge is 0.289 e. The molecule has 0 N–H and O–H groups in total. The molecule has 0 radical (unpaired) electrons. The molecule has 1 unspecified atom stereocenters. The number of hydrogen-bond donors (Lipinski definition) is 0. The third-order valence-electron chi connectivity index (χ3n) is 10.8. The fourth-order valence-electron chi connectivity index (χ4n) is 6.95. The van der Waals surface area contributed by atoms with Gasteiger partial charge in [-0.2, -0.15) is 0 Å². The van der Waals surface area contributed by atoms with Crippen molar-refractivity contribution in [3.63, 3.8) is 0 Å². The van der Waals surface area contributed by atoms with Gasteiger partial charge >= 0.3 is 0 Å². The van der Waals surface area contributed by atoms with E-state index in [2.05, 4.69) is 105 Å². The van der Waals surface area contributed by atoms with E-state index < -0.39 is 0 Å². The Labute approximate surface area is 326 Å². The Balaban J connectivity index is 1.59. The molecule has 1 aromatic carbocycles. The quantitative estimate of drug-likeness (QED) is 0.0997. The van der Waals surface area contributed by atoms with E-state index in [0.29, 0.717) is 34.6 Å². The maximum atomic E-state index is 13.0. The van der Waals surface area contributed by atoms with Crippen molar-refractivity contribution in [2.45, 2.75) is 172 Å². The number of Topliss-reactive ketones (excluding diaryl/α,β-unsaturated/α-hetero) is 2. The minimum Gasteiger partial charge on any atom is -0.289 e. The molecule has 0 spiro atoms. The molecule has 0 saturated heterocycles. The molecule has 53 heavy (non-hydrogen) atoms. The number of rotatable bonds is 24. The first-order valence-electron chi connectivity index (χ1n) is 20.7. The van der Waals surface area contributed by atoms with E-state index >= 15 is 0 Å². The maximum absolute atomic E-state index is 13.0. The Morgan fingerprint density at radius 1 is 0.509 bits per heavy atom. The van der Waals surface area contributed by atoms with Crippen molar-refractivity contribution in [1.82, 2.24) is 0 Å². The lowest BCUT2D eigenvalue weighted by Gasteiger charge is -2.18. The number of allylic oxidation sites excluding steroid dienone is 16. The van der Waals surface area contributed by atoms with Crippen LogP contribution in [0.5, 0.6) is 0 Å². The molecule has 2 rings (SSSR count). The maximum Gasteiger partial charge on any atom is 0.190 e. The highest BCUT2D eigenvalue weighted by Gasteiger charge is 2.28. The topological polar surface area (TPSA) is 34.1 Å². The zero-order chi connectivity index (χ0) is 39.2. The minimum atomic E-state index is -0.0135. The van der Waals surface area contributed by atoms with Crippen molar-refractivity contribution in [3.05, 3.63) is 128 Å². The molecule has 290 valence electrons. The van der Waals surface area contributed by atoms with E-state index in [1.165, 1.54) is 71.1 Å². The van der Waals surface area contributed by atoms with Gasteiger partial charge in [-0.25, -0.2) is 0 Å². The average molecular weight is 719 g/mol. The molecule has 2 heteroatoms. The number of hydrogen-bond acceptors (Lipinski definition) is 2. The van der Waals surface area contributed by atoms with E-state index in [4.69, 9.17) is 0 Å². The van der Waals surface area contributed by atoms with Gasteiger partial charge in [-0.1, -0.05) is 119 Å². The highest BCUT2D eigenvalue weighted by atomic mass is 16.1. The van der Waals surface area contributed by atoms with Crippen molar-refractivity contribution in [2.75, 3.05) is 0 Å². The summed E-state index contributed by atoms with van der Waals surface area (Å²) >= 11 is 0. The Morgan fingerprint density at radius 2 is 0.906 bits per heavy atom. The van der Waals surface area contributed by atoms with Crippen molar-refractivity contribution < 1.29 is 9.59 Å². The van der Waals surface area contributed by atoms with E-state index in [1.807, 2.05) is 12.1 Å². The van der Waals surface area contributed by atoms with Gasteiger partial charge < -0.3 is 0 Å². The smallest absolute Gasteiger partial charge is 0.190 e. The number of carbonyl (C=O) groups is 2. The first kappa shape index (κ1) is 45.6. The van der Waals surface area contributed by atoms with E-state index in [9.17, 15) is 9.59 Å². The zero-order valence-corrected chi connectivity index (χ0v) is 35.6. The molecule has 1 aliphatic rings. The Hall–Kier alpha value is -3.52. The Morgan fingerprint density at radius 3 is 1.36 bits per heavy atom. The van der Waals surface area contributed by atoms with Crippen molar-refractivity contribution in [1.29, 1.82) is 0 Å². The number of carbonyl (C=O) groups excluding carboxylic acids is 2. The molecule has 0 aromatic heterocycles. The van der Waals surface area contributed by atoms with Crippen molar-refractivity contribution in [2.24, 2.45) is 5.92 Å². The molecule has 1 aromatic rings. The summed E-state index contributed by atoms with van der Waals surface area (Å²) in [5.41, 5.74) is 12.6. The predicted molar refractivity (Wildman–Crippen MR) is 233 cm³/mol. The lowest BCUT2D eigenvalue weighted by Crippen LogP contribution is -2.20. The van der Waals surface area contributed by atoms with Crippen LogP contribution in [0.15, 0.2) is 117 Å². The molecule has 0 heterocycles. The molecule has 0 saturated carbocycles. The van der Waals surface area contributed by atoms with Crippen LogP contribution < -0.4 is 0 Å². The van der Waals surface area contributed by atoms with E-state index in [1.54, 1.807) is 19.1 Å². The summed E-state index contributed by atoms with van der Waals surface area (Å²) in [5.74, 6) is 0.688. The van der Waals surface area contributed by atoms with Gasteiger partial charge in [0.15, 0.2) is 11.6 Å². The third-order valence-corrected chi connectivity index (χ3v) is 10.8. The third kappa shape index (κ3) is 18.9. The van der Waals surface area contributed by atoms with Crippen LogP contribution in [0.1, 0.15) is 193 Å². The van der Waals surface area contributed by atoms with Gasteiger partial charge in [0.1, 0.15) is 0 Å². The summed E-state index contributed by atoms with van der Waals surface area (Å²) in [4.78, 5) is 25.8. The van der Waals surface area contributed by atoms with Crippen LogP contribution >= 0.6 is 0 Å². The van der Waals surface area contributed by atoms with E-state index in [-0.39, 0.29) is 11.6 Å². The van der Waals surface area contributed by atoms with Gasteiger partial charge in [0.2, 0.25) is 0 Å². The van der Waals surface area contributed by atoms with Gasteiger partial charge in [-0.15, -0.1) is 0 Å². The molecular formula is C51H74O2. The monoisotopic (exact) mass is 719 g/mol. The highest BCUT2D eigenvalue weighted by Crippen LogP contribution is 2.29.